The summed E-state index contributed by atoms with van der Waals surface area (Å²) in [7, 11) is 4.61. The van der Waals surface area contributed by atoms with Crippen LogP contribution in [-0.2, 0) is 9.47 Å². The summed E-state index contributed by atoms with van der Waals surface area (Å²) in [6.45, 7) is 0.261. The van der Waals surface area contributed by atoms with Crippen molar-refractivity contribution >= 4 is 0 Å². The van der Waals surface area contributed by atoms with E-state index >= 15 is 0 Å². The number of methoxy groups -OCH3 is 3. The third-order valence-corrected chi connectivity index (χ3v) is 6.47. The Balaban J connectivity index is 1.43. The first-order chi connectivity index (χ1) is 16.5. The van der Waals surface area contributed by atoms with Crippen LogP contribution in [0.1, 0.15) is 11.7 Å². The van der Waals surface area contributed by atoms with Gasteiger partial charge >= 0.3 is 0 Å². The van der Waals surface area contributed by atoms with Crippen molar-refractivity contribution in [2.24, 2.45) is 5.92 Å². The molecule has 3 aliphatic heterocycles. The van der Waals surface area contributed by atoms with Crippen molar-refractivity contribution in [3.05, 3.63) is 35.9 Å². The zero-order valence-electron chi connectivity index (χ0n) is 19.2. The summed E-state index contributed by atoms with van der Waals surface area (Å²) in [5, 5.41) is 21.1. The quantitative estimate of drug-likeness (QED) is 0.612. The maximum atomic E-state index is 11.6. The molecule has 0 spiro atoms. The average Bonchev–Trinajstić information content (AvgIpc) is 3.37. The predicted octanol–water partition coefficient (Wildman–Crippen LogP) is 1.70. The van der Waals surface area contributed by atoms with Crippen molar-refractivity contribution in [2.75, 3.05) is 47.8 Å². The topological polar surface area (TPSA) is 114 Å². The van der Waals surface area contributed by atoms with Crippen LogP contribution in [0.4, 0.5) is 0 Å². The number of hydrogen-bond donors (Lipinski definition) is 2. The van der Waals surface area contributed by atoms with E-state index in [-0.39, 0.29) is 26.4 Å². The van der Waals surface area contributed by atoms with E-state index in [1.54, 1.807) is 37.4 Å². The van der Waals surface area contributed by atoms with Gasteiger partial charge in [-0.05, 0) is 18.2 Å². The molecular weight excluding hydrogens is 448 g/mol. The highest BCUT2D eigenvalue weighted by molar-refractivity contribution is 5.53. The number of ether oxygens (including phenoxy) is 8. The van der Waals surface area contributed by atoms with Gasteiger partial charge in [-0.25, -0.2) is 0 Å². The highest BCUT2D eigenvalue weighted by atomic mass is 16.7. The molecular formula is C24H28O10. The van der Waals surface area contributed by atoms with Crippen LogP contribution < -0.4 is 28.4 Å². The third-order valence-electron chi connectivity index (χ3n) is 6.47. The SMILES string of the molecule is COc1cc2c(cc1[C@@H]1OC[C@@]3(O)[C@H](Oc4c(OC)cccc4OC)OC[C@@H]13)O[C@@H](CO)CO2. The minimum Gasteiger partial charge on any atom is -0.496 e. The zero-order valence-corrected chi connectivity index (χ0v) is 19.2. The monoisotopic (exact) mass is 476 g/mol. The first-order valence-electron chi connectivity index (χ1n) is 11.0. The fourth-order valence-corrected chi connectivity index (χ4v) is 4.65. The fourth-order valence-electron chi connectivity index (χ4n) is 4.65. The van der Waals surface area contributed by atoms with Crippen LogP contribution in [0.2, 0.25) is 0 Å². The molecule has 2 fully saturated rings. The number of hydrogen-bond acceptors (Lipinski definition) is 10. The number of rotatable bonds is 7. The Morgan fingerprint density at radius 1 is 0.971 bits per heavy atom. The number of aliphatic hydroxyl groups excluding tert-OH is 1. The van der Waals surface area contributed by atoms with Gasteiger partial charge in [0.2, 0.25) is 12.0 Å². The van der Waals surface area contributed by atoms with Crippen LogP contribution >= 0.6 is 0 Å². The molecule has 2 aromatic rings. The predicted molar refractivity (Wildman–Crippen MR) is 117 cm³/mol. The van der Waals surface area contributed by atoms with Gasteiger partial charge in [0.25, 0.3) is 0 Å². The van der Waals surface area contributed by atoms with E-state index in [1.165, 1.54) is 14.2 Å². The van der Waals surface area contributed by atoms with Gasteiger partial charge in [-0.15, -0.1) is 0 Å². The third kappa shape index (κ3) is 3.67. The van der Waals surface area contributed by atoms with E-state index in [2.05, 4.69) is 0 Å². The van der Waals surface area contributed by atoms with Gasteiger partial charge in [-0.3, -0.25) is 0 Å². The minimum atomic E-state index is -1.43. The zero-order chi connectivity index (χ0) is 23.9. The van der Waals surface area contributed by atoms with Crippen LogP contribution in [0.5, 0.6) is 34.5 Å². The molecule has 2 aromatic carbocycles. The number of benzene rings is 2. The van der Waals surface area contributed by atoms with Crippen molar-refractivity contribution in [2.45, 2.75) is 24.1 Å². The molecule has 184 valence electrons. The van der Waals surface area contributed by atoms with Crippen LogP contribution in [-0.4, -0.2) is 76.0 Å². The van der Waals surface area contributed by atoms with E-state index in [0.29, 0.717) is 40.1 Å². The number of fused-ring (bicyclic) bond motifs is 2. The summed E-state index contributed by atoms with van der Waals surface area (Å²) in [5.41, 5.74) is -0.744. The van der Waals surface area contributed by atoms with Crippen LogP contribution in [0.3, 0.4) is 0 Å². The van der Waals surface area contributed by atoms with E-state index < -0.39 is 30.0 Å². The van der Waals surface area contributed by atoms with E-state index in [0.717, 1.165) is 0 Å². The van der Waals surface area contributed by atoms with Crippen molar-refractivity contribution in [1.29, 1.82) is 0 Å². The lowest BCUT2D eigenvalue weighted by Gasteiger charge is -2.29. The Labute approximate surface area is 196 Å². The summed E-state index contributed by atoms with van der Waals surface area (Å²) in [6.07, 6.45) is -2.01. The van der Waals surface area contributed by atoms with Crippen LogP contribution in [0.15, 0.2) is 30.3 Å². The molecule has 3 heterocycles. The van der Waals surface area contributed by atoms with Gasteiger partial charge in [0.05, 0.1) is 53.2 Å². The number of para-hydroxylation sites is 1. The van der Waals surface area contributed by atoms with Gasteiger partial charge in [0.15, 0.2) is 34.7 Å². The highest BCUT2D eigenvalue weighted by Gasteiger charge is 2.61. The normalized spacial score (nSPS) is 29.4. The Kier molecular flexibility index (Phi) is 6.07. The van der Waals surface area contributed by atoms with Crippen molar-refractivity contribution < 1.29 is 48.1 Å². The summed E-state index contributed by atoms with van der Waals surface area (Å²) >= 11 is 0. The van der Waals surface area contributed by atoms with Crippen molar-refractivity contribution in [3.8, 4) is 34.5 Å². The molecule has 2 N–H and O–H groups in total. The molecule has 0 amide bonds. The number of aliphatic hydroxyl groups is 2. The molecule has 5 rings (SSSR count). The Bertz CT molecular complexity index is 1020. The fraction of sp³-hybridized carbons (Fsp3) is 0.500. The average molecular weight is 476 g/mol. The summed E-state index contributed by atoms with van der Waals surface area (Å²) < 4.78 is 46.0. The lowest BCUT2D eigenvalue weighted by Crippen LogP contribution is -2.47. The Morgan fingerprint density at radius 2 is 1.71 bits per heavy atom. The van der Waals surface area contributed by atoms with Gasteiger partial charge in [-0.2, -0.15) is 0 Å². The smallest absolute Gasteiger partial charge is 0.232 e. The van der Waals surface area contributed by atoms with Crippen LogP contribution in [0.25, 0.3) is 0 Å². The molecule has 5 atom stereocenters. The maximum Gasteiger partial charge on any atom is 0.232 e. The molecule has 0 bridgehead atoms. The van der Waals surface area contributed by atoms with E-state index in [9.17, 15) is 10.2 Å². The Hall–Kier alpha value is -2.92. The maximum absolute atomic E-state index is 11.6. The van der Waals surface area contributed by atoms with Gasteiger partial charge in [-0.1, -0.05) is 6.07 Å². The molecule has 10 heteroatoms. The van der Waals surface area contributed by atoms with Crippen molar-refractivity contribution in [1.82, 2.24) is 0 Å². The summed E-state index contributed by atoms with van der Waals surface area (Å²) in [6, 6.07) is 8.75. The Morgan fingerprint density at radius 3 is 2.38 bits per heavy atom. The molecule has 3 aliphatic rings. The van der Waals surface area contributed by atoms with Gasteiger partial charge < -0.3 is 48.1 Å². The van der Waals surface area contributed by atoms with Gasteiger partial charge in [0.1, 0.15) is 12.4 Å². The lowest BCUT2D eigenvalue weighted by molar-refractivity contribution is -0.153. The first-order valence-corrected chi connectivity index (χ1v) is 11.0. The highest BCUT2D eigenvalue weighted by Crippen LogP contribution is 2.52. The molecule has 0 unspecified atom stereocenters. The minimum absolute atomic E-state index is 0.0126. The summed E-state index contributed by atoms with van der Waals surface area (Å²) in [5.74, 6) is 2.34. The van der Waals surface area contributed by atoms with E-state index in [4.69, 9.17) is 37.9 Å². The van der Waals surface area contributed by atoms with E-state index in [1.807, 2.05) is 0 Å². The molecule has 0 radical (unpaired) electrons. The first kappa shape index (κ1) is 22.9. The second kappa shape index (κ2) is 9.03. The van der Waals surface area contributed by atoms with Gasteiger partial charge in [0, 0.05) is 11.6 Å². The molecule has 0 saturated carbocycles. The second-order valence-corrected chi connectivity index (χ2v) is 8.38. The molecule has 10 nitrogen and oxygen atoms in total. The summed E-state index contributed by atoms with van der Waals surface area (Å²) in [4.78, 5) is 0. The largest absolute Gasteiger partial charge is 0.496 e. The standard InChI is InChI=1S/C24H28O10/c1-27-16-5-4-6-17(28-2)22(16)34-23-24(26)12-32-21(15(24)11-31-23)14-7-20-19(8-18(14)29-3)30-10-13(9-25)33-20/h4-8,13,15,21,23,25-26H,9-12H2,1-3H3/t13-,15-,21-,23-,24-/m0/s1. The lowest BCUT2D eigenvalue weighted by atomic mass is 9.85. The molecule has 34 heavy (non-hydrogen) atoms. The van der Waals surface area contributed by atoms with Crippen molar-refractivity contribution in [3.63, 3.8) is 0 Å². The molecule has 2 saturated heterocycles. The second-order valence-electron chi connectivity index (χ2n) is 8.38. The van der Waals surface area contributed by atoms with Crippen LogP contribution in [0, 0.1) is 5.92 Å². The molecule has 0 aromatic heterocycles. The molecule has 0 aliphatic carbocycles.